The summed E-state index contributed by atoms with van der Waals surface area (Å²) in [7, 11) is 0. The fourth-order valence-electron chi connectivity index (χ4n) is 5.97. The number of aromatic nitrogens is 1. The summed E-state index contributed by atoms with van der Waals surface area (Å²) in [6, 6.07) is 6.32. The molecule has 3 heterocycles. The Bertz CT molecular complexity index is 1170. The second-order valence-electron chi connectivity index (χ2n) is 11.5. The molecule has 2 aromatic rings. The van der Waals surface area contributed by atoms with E-state index in [4.69, 9.17) is 4.74 Å². The number of amides is 1. The largest absolute Gasteiger partial charge is 0.491 e. The summed E-state index contributed by atoms with van der Waals surface area (Å²) in [6.07, 6.45) is 4.06. The maximum Gasteiger partial charge on any atom is 0.263 e. The number of halogens is 2. The molecule has 1 aromatic heterocycles. The maximum absolute atomic E-state index is 13.2. The van der Waals surface area contributed by atoms with Gasteiger partial charge < -0.3 is 10.1 Å². The van der Waals surface area contributed by atoms with Crippen molar-refractivity contribution in [1.29, 1.82) is 0 Å². The number of aryl methyl sites for hydroxylation is 1. The van der Waals surface area contributed by atoms with Crippen molar-refractivity contribution in [3.8, 4) is 5.75 Å². The van der Waals surface area contributed by atoms with Crippen molar-refractivity contribution in [3.05, 3.63) is 52.8 Å². The second-order valence-corrected chi connectivity index (χ2v) is 11.5. The normalized spacial score (nSPS) is 21.6. The van der Waals surface area contributed by atoms with E-state index in [0.29, 0.717) is 68.9 Å². The number of nitrogens with one attached hydrogen (secondary N) is 1. The summed E-state index contributed by atoms with van der Waals surface area (Å²) < 4.78 is 32.3. The van der Waals surface area contributed by atoms with Crippen LogP contribution in [-0.4, -0.2) is 47.8 Å². The van der Waals surface area contributed by atoms with Gasteiger partial charge in [0.15, 0.2) is 0 Å². The van der Waals surface area contributed by atoms with E-state index in [0.717, 1.165) is 23.1 Å². The Kier molecular flexibility index (Phi) is 9.36. The Morgan fingerprint density at radius 1 is 1.18 bits per heavy atom. The predicted octanol–water partition coefficient (Wildman–Crippen LogP) is 6.27. The van der Waals surface area contributed by atoms with E-state index in [2.05, 4.69) is 29.0 Å². The van der Waals surface area contributed by atoms with Crippen molar-refractivity contribution in [2.24, 2.45) is 11.8 Å². The summed E-state index contributed by atoms with van der Waals surface area (Å²) in [5.74, 6) is 2.79. The predicted molar refractivity (Wildman–Crippen MR) is 148 cm³/mol. The van der Waals surface area contributed by atoms with Crippen molar-refractivity contribution in [2.75, 3.05) is 31.6 Å². The van der Waals surface area contributed by atoms with Crippen LogP contribution in [0.25, 0.3) is 0 Å². The number of nitrogens with zero attached hydrogens (tertiary/aromatic N) is 2. The number of piperidine rings is 1. The number of hydrogen-bond acceptors (Lipinski definition) is 5. The first kappa shape index (κ1) is 29.1. The number of carbonyl (C=O) groups is 2. The minimum absolute atomic E-state index is 0.0489. The van der Waals surface area contributed by atoms with Crippen molar-refractivity contribution in [3.63, 3.8) is 0 Å². The quantitative estimate of drug-likeness (QED) is 0.427. The number of rotatable bonds is 8. The maximum atomic E-state index is 13.2. The van der Waals surface area contributed by atoms with Gasteiger partial charge >= 0.3 is 0 Å². The highest BCUT2D eigenvalue weighted by Gasteiger charge is 2.48. The van der Waals surface area contributed by atoms with Crippen LogP contribution in [0.15, 0.2) is 30.5 Å². The number of ether oxygens (including phenoxy) is 1. The highest BCUT2D eigenvalue weighted by atomic mass is 19.3. The average Bonchev–Trinajstić information content (AvgIpc) is 3.16. The molecule has 6 nitrogen and oxygen atoms in total. The summed E-state index contributed by atoms with van der Waals surface area (Å²) in [4.78, 5) is 31.1. The molecule has 0 radical (unpaired) electrons. The summed E-state index contributed by atoms with van der Waals surface area (Å²) in [5, 5.41) is 2.87. The molecule has 3 aliphatic rings. The molecule has 1 aromatic carbocycles. The number of hydrogen-bond donors (Lipinski definition) is 1. The lowest BCUT2D eigenvalue weighted by Gasteiger charge is -2.38. The molecule has 1 aliphatic carbocycles. The molecule has 1 saturated heterocycles. The lowest BCUT2D eigenvalue weighted by molar-refractivity contribution is -0.122. The first-order valence-electron chi connectivity index (χ1n) is 14.2. The Labute approximate surface area is 230 Å². The van der Waals surface area contributed by atoms with Gasteiger partial charge in [0.1, 0.15) is 18.1 Å². The summed E-state index contributed by atoms with van der Waals surface area (Å²) >= 11 is 0. The summed E-state index contributed by atoms with van der Waals surface area (Å²) in [5.41, 5.74) is 2.27. The SMILES string of the molecule is CC1CC(C)C1.CCC(=O)Cc1cc(OCCN2CCC3(CC2)C(=O)Nc2ccc(C(F)F)cc23)cnc1C. The van der Waals surface area contributed by atoms with Crippen LogP contribution < -0.4 is 10.1 Å². The lowest BCUT2D eigenvalue weighted by Crippen LogP contribution is -2.47. The zero-order chi connectivity index (χ0) is 28.2. The zero-order valence-corrected chi connectivity index (χ0v) is 23.6. The fourth-order valence-corrected chi connectivity index (χ4v) is 5.97. The van der Waals surface area contributed by atoms with Gasteiger partial charge in [0.25, 0.3) is 6.43 Å². The Hall–Kier alpha value is -2.87. The molecule has 2 aliphatic heterocycles. The number of carbonyl (C=O) groups excluding carboxylic acids is 2. The van der Waals surface area contributed by atoms with E-state index in [1.165, 1.54) is 25.0 Å². The fraction of sp³-hybridized carbons (Fsp3) is 0.581. The summed E-state index contributed by atoms with van der Waals surface area (Å²) in [6.45, 7) is 10.9. The average molecular weight is 542 g/mol. The first-order valence-corrected chi connectivity index (χ1v) is 14.2. The molecule has 1 saturated carbocycles. The van der Waals surface area contributed by atoms with Crippen LogP contribution in [0.2, 0.25) is 0 Å². The third-order valence-electron chi connectivity index (χ3n) is 8.44. The van der Waals surface area contributed by atoms with Crippen LogP contribution in [-0.2, 0) is 21.4 Å². The molecule has 0 unspecified atom stereocenters. The monoisotopic (exact) mass is 541 g/mol. The Balaban J connectivity index is 0.000000519. The third kappa shape index (κ3) is 6.83. The molecule has 5 rings (SSSR count). The topological polar surface area (TPSA) is 71.5 Å². The molecule has 1 amide bonds. The highest BCUT2D eigenvalue weighted by molar-refractivity contribution is 6.06. The van der Waals surface area contributed by atoms with Crippen LogP contribution in [0.3, 0.4) is 0 Å². The highest BCUT2D eigenvalue weighted by Crippen LogP contribution is 2.46. The first-order chi connectivity index (χ1) is 18.6. The minimum Gasteiger partial charge on any atom is -0.491 e. The molecule has 39 heavy (non-hydrogen) atoms. The van der Waals surface area contributed by atoms with Gasteiger partial charge in [0.2, 0.25) is 5.91 Å². The number of benzene rings is 1. The van der Waals surface area contributed by atoms with Gasteiger partial charge in [-0.2, -0.15) is 0 Å². The Morgan fingerprint density at radius 2 is 1.87 bits per heavy atom. The second kappa shape index (κ2) is 12.5. The number of pyridine rings is 1. The van der Waals surface area contributed by atoms with Gasteiger partial charge in [-0.05, 0) is 86.9 Å². The molecule has 8 heteroatoms. The number of likely N-dealkylation sites (tertiary alicyclic amines) is 1. The lowest BCUT2D eigenvalue weighted by atomic mass is 9.73. The number of ketones is 1. The van der Waals surface area contributed by atoms with Gasteiger partial charge in [-0.3, -0.25) is 19.5 Å². The van der Waals surface area contributed by atoms with Crippen LogP contribution in [0.5, 0.6) is 5.75 Å². The Morgan fingerprint density at radius 3 is 2.46 bits per heavy atom. The molecule has 0 atom stereocenters. The van der Waals surface area contributed by atoms with E-state index < -0.39 is 11.8 Å². The van der Waals surface area contributed by atoms with Gasteiger partial charge in [-0.25, -0.2) is 8.78 Å². The van der Waals surface area contributed by atoms with Gasteiger partial charge in [-0.15, -0.1) is 0 Å². The van der Waals surface area contributed by atoms with E-state index in [9.17, 15) is 18.4 Å². The number of anilines is 1. The third-order valence-corrected chi connectivity index (χ3v) is 8.44. The standard InChI is InChI=1S/C25H29F2N3O3.C6H12/c1-3-19(31)12-18-13-20(15-28-16(18)2)33-11-10-30-8-6-25(7-9-30)21-14-17(23(26)27)4-5-22(21)29-24(25)32;1-5-3-6(2)4-5/h4-5,13-15,23H,3,6-12H2,1-2H3,(H,29,32);5-6H,3-4H2,1-2H3. The van der Waals surface area contributed by atoms with Crippen LogP contribution in [0.4, 0.5) is 14.5 Å². The van der Waals surface area contributed by atoms with Crippen molar-refractivity contribution in [1.82, 2.24) is 9.88 Å². The van der Waals surface area contributed by atoms with Crippen molar-refractivity contribution in [2.45, 2.75) is 78.1 Å². The zero-order valence-electron chi connectivity index (χ0n) is 23.6. The smallest absolute Gasteiger partial charge is 0.263 e. The van der Waals surface area contributed by atoms with Gasteiger partial charge in [0, 0.05) is 36.3 Å². The van der Waals surface area contributed by atoms with Crippen molar-refractivity contribution < 1.29 is 23.1 Å². The van der Waals surface area contributed by atoms with E-state index >= 15 is 0 Å². The molecule has 1 spiro atoms. The molecular weight excluding hydrogens is 500 g/mol. The number of Topliss-reactive ketones (excluding diaryl/α,β-unsaturated/α-hetero) is 1. The molecule has 0 bridgehead atoms. The molecular formula is C31H41F2N3O3. The van der Waals surface area contributed by atoms with E-state index in [-0.39, 0.29) is 17.3 Å². The minimum atomic E-state index is -2.56. The molecule has 212 valence electrons. The molecule has 1 N–H and O–H groups in total. The van der Waals surface area contributed by atoms with Crippen molar-refractivity contribution >= 4 is 17.4 Å². The van der Waals surface area contributed by atoms with Crippen LogP contribution in [0.1, 0.15) is 81.7 Å². The van der Waals surface area contributed by atoms with Gasteiger partial charge in [0.05, 0.1) is 11.6 Å². The van der Waals surface area contributed by atoms with E-state index in [1.54, 1.807) is 12.3 Å². The van der Waals surface area contributed by atoms with E-state index in [1.807, 2.05) is 19.9 Å². The number of alkyl halides is 2. The number of fused-ring (bicyclic) bond motifs is 2. The molecule has 2 fully saturated rings. The van der Waals surface area contributed by atoms with Gasteiger partial charge in [-0.1, -0.05) is 26.8 Å². The van der Waals surface area contributed by atoms with Crippen LogP contribution >= 0.6 is 0 Å². The van der Waals surface area contributed by atoms with Crippen LogP contribution in [0, 0.1) is 18.8 Å².